The number of anilines is 1. The van der Waals surface area contributed by atoms with Gasteiger partial charge in [0.2, 0.25) is 5.91 Å². The van der Waals surface area contributed by atoms with Gasteiger partial charge in [0, 0.05) is 17.2 Å². The molecule has 1 atom stereocenters. The molecule has 0 heterocycles. The molecule has 0 aromatic heterocycles. The Hall–Kier alpha value is -2.47. The Balaban J connectivity index is 1.94. The largest absolute Gasteiger partial charge is 0.491 e. The summed E-state index contributed by atoms with van der Waals surface area (Å²) in [5.74, 6) is -1.11. The van der Waals surface area contributed by atoms with Crippen molar-refractivity contribution < 1.29 is 23.4 Å². The van der Waals surface area contributed by atoms with Gasteiger partial charge in [-0.15, -0.1) is 0 Å². The van der Waals surface area contributed by atoms with E-state index in [0.29, 0.717) is 11.4 Å². The molecule has 2 aromatic carbocycles. The zero-order valence-electron chi connectivity index (χ0n) is 13.4. The Morgan fingerprint density at radius 3 is 2.46 bits per heavy atom. The molecule has 2 N–H and O–H groups in total. The first-order valence-electron chi connectivity index (χ1n) is 7.53. The van der Waals surface area contributed by atoms with Crippen LogP contribution < -0.4 is 10.1 Å². The lowest BCUT2D eigenvalue weighted by Crippen LogP contribution is -2.17. The van der Waals surface area contributed by atoms with Gasteiger partial charge < -0.3 is 15.2 Å². The Morgan fingerprint density at radius 1 is 1.17 bits per heavy atom. The van der Waals surface area contributed by atoms with Crippen LogP contribution in [0.5, 0.6) is 5.75 Å². The number of benzene rings is 2. The Morgan fingerprint density at radius 2 is 1.83 bits per heavy atom. The molecule has 0 saturated carbocycles. The van der Waals surface area contributed by atoms with Crippen LogP contribution in [0, 0.1) is 17.6 Å². The van der Waals surface area contributed by atoms with Gasteiger partial charge in [0.05, 0.1) is 0 Å². The first-order valence-corrected chi connectivity index (χ1v) is 7.53. The second-order valence-corrected chi connectivity index (χ2v) is 5.66. The predicted octanol–water partition coefficient (Wildman–Crippen LogP) is 3.67. The molecule has 1 unspecified atom stereocenters. The molecule has 0 radical (unpaired) electrons. The van der Waals surface area contributed by atoms with Crippen LogP contribution in [0.4, 0.5) is 14.5 Å². The number of aliphatic hydroxyl groups excluding tert-OH is 1. The fourth-order valence-electron chi connectivity index (χ4n) is 1.96. The summed E-state index contributed by atoms with van der Waals surface area (Å²) < 4.78 is 32.1. The van der Waals surface area contributed by atoms with E-state index in [1.165, 1.54) is 0 Å². The van der Waals surface area contributed by atoms with Crippen molar-refractivity contribution in [2.75, 3.05) is 11.9 Å². The number of hydrogen-bond acceptors (Lipinski definition) is 3. The van der Waals surface area contributed by atoms with E-state index in [-0.39, 0.29) is 24.0 Å². The second-order valence-electron chi connectivity index (χ2n) is 5.66. The molecule has 2 aromatic rings. The van der Waals surface area contributed by atoms with Crippen LogP contribution in [0.1, 0.15) is 25.5 Å². The molecule has 6 heteroatoms. The summed E-state index contributed by atoms with van der Waals surface area (Å²) in [6.45, 7) is 3.36. The number of aliphatic hydroxyl groups is 1. The Kier molecular flexibility index (Phi) is 5.87. The third-order valence-corrected chi connectivity index (χ3v) is 3.37. The lowest BCUT2D eigenvalue weighted by Gasteiger charge is -2.14. The highest BCUT2D eigenvalue weighted by Crippen LogP contribution is 2.21. The summed E-state index contributed by atoms with van der Waals surface area (Å²) in [5, 5.41) is 12.7. The maximum Gasteiger partial charge on any atom is 0.226 e. The third-order valence-electron chi connectivity index (χ3n) is 3.37. The summed E-state index contributed by atoms with van der Waals surface area (Å²) in [7, 11) is 0. The lowest BCUT2D eigenvalue weighted by molar-refractivity contribution is -0.118. The molecular formula is C18H19F2NO3. The number of halogens is 2. The van der Waals surface area contributed by atoms with E-state index in [2.05, 4.69) is 5.32 Å². The van der Waals surface area contributed by atoms with Gasteiger partial charge in [-0.2, -0.15) is 0 Å². The van der Waals surface area contributed by atoms with E-state index < -0.39 is 17.7 Å². The fourth-order valence-corrected chi connectivity index (χ4v) is 1.96. The van der Waals surface area contributed by atoms with Crippen molar-refractivity contribution in [3.05, 3.63) is 59.7 Å². The summed E-state index contributed by atoms with van der Waals surface area (Å²) in [6.07, 6.45) is -1.29. The van der Waals surface area contributed by atoms with Gasteiger partial charge in [0.1, 0.15) is 30.1 Å². The van der Waals surface area contributed by atoms with Gasteiger partial charge in [0.25, 0.3) is 0 Å². The van der Waals surface area contributed by atoms with Crippen LogP contribution in [-0.4, -0.2) is 17.6 Å². The number of amides is 1. The van der Waals surface area contributed by atoms with E-state index in [0.717, 1.165) is 18.2 Å². The quantitative estimate of drug-likeness (QED) is 0.847. The van der Waals surface area contributed by atoms with Crippen LogP contribution in [0.15, 0.2) is 42.5 Å². The zero-order valence-corrected chi connectivity index (χ0v) is 13.4. The zero-order chi connectivity index (χ0) is 17.7. The minimum Gasteiger partial charge on any atom is -0.491 e. The SMILES string of the molecule is CC(C)C(=O)Nc1ccc(OCC(O)c2cc(F)ccc2F)cc1. The molecule has 24 heavy (non-hydrogen) atoms. The fraction of sp³-hybridized carbons (Fsp3) is 0.278. The van der Waals surface area contributed by atoms with Crippen LogP contribution in [-0.2, 0) is 4.79 Å². The third kappa shape index (κ3) is 4.76. The van der Waals surface area contributed by atoms with Gasteiger partial charge in [-0.05, 0) is 42.5 Å². The molecule has 1 amide bonds. The van der Waals surface area contributed by atoms with Gasteiger partial charge in [-0.3, -0.25) is 4.79 Å². The summed E-state index contributed by atoms with van der Waals surface area (Å²) in [4.78, 5) is 11.6. The van der Waals surface area contributed by atoms with E-state index in [1.54, 1.807) is 38.1 Å². The van der Waals surface area contributed by atoms with Crippen LogP contribution in [0.2, 0.25) is 0 Å². The first kappa shape index (κ1) is 17.9. The first-order chi connectivity index (χ1) is 11.4. The van der Waals surface area contributed by atoms with Crippen molar-refractivity contribution in [2.45, 2.75) is 20.0 Å². The van der Waals surface area contributed by atoms with Gasteiger partial charge in [-0.1, -0.05) is 13.8 Å². The maximum absolute atomic E-state index is 13.6. The van der Waals surface area contributed by atoms with Crippen molar-refractivity contribution in [1.29, 1.82) is 0 Å². The molecule has 128 valence electrons. The molecule has 0 saturated heterocycles. The number of rotatable bonds is 6. The van der Waals surface area contributed by atoms with Crippen molar-refractivity contribution in [2.24, 2.45) is 5.92 Å². The monoisotopic (exact) mass is 335 g/mol. The topological polar surface area (TPSA) is 58.6 Å². The second kappa shape index (κ2) is 7.88. The Bertz CT molecular complexity index is 702. The van der Waals surface area contributed by atoms with Crippen LogP contribution in [0.25, 0.3) is 0 Å². The van der Waals surface area contributed by atoms with Gasteiger partial charge >= 0.3 is 0 Å². The number of nitrogens with one attached hydrogen (secondary N) is 1. The van der Waals surface area contributed by atoms with Gasteiger partial charge in [-0.25, -0.2) is 8.78 Å². The lowest BCUT2D eigenvalue weighted by atomic mass is 10.1. The molecule has 0 aliphatic rings. The maximum atomic E-state index is 13.6. The number of ether oxygens (including phenoxy) is 1. The van der Waals surface area contributed by atoms with E-state index in [1.807, 2.05) is 0 Å². The smallest absolute Gasteiger partial charge is 0.226 e. The van der Waals surface area contributed by atoms with E-state index >= 15 is 0 Å². The number of carbonyl (C=O) groups is 1. The van der Waals surface area contributed by atoms with E-state index in [4.69, 9.17) is 4.74 Å². The number of carbonyl (C=O) groups excluding carboxylic acids is 1. The van der Waals surface area contributed by atoms with Crippen molar-refractivity contribution in [3.8, 4) is 5.75 Å². The minimum absolute atomic E-state index is 0.0966. The van der Waals surface area contributed by atoms with Gasteiger partial charge in [0.15, 0.2) is 0 Å². The molecule has 2 rings (SSSR count). The van der Waals surface area contributed by atoms with Crippen molar-refractivity contribution in [3.63, 3.8) is 0 Å². The number of hydrogen-bond donors (Lipinski definition) is 2. The summed E-state index contributed by atoms with van der Waals surface area (Å²) in [5.41, 5.74) is 0.466. The standard InChI is InChI=1S/C18H19F2NO3/c1-11(2)18(23)21-13-4-6-14(7-5-13)24-10-17(22)15-9-12(19)3-8-16(15)20/h3-9,11,17,22H,10H2,1-2H3,(H,21,23). The minimum atomic E-state index is -1.29. The van der Waals surface area contributed by atoms with Crippen molar-refractivity contribution >= 4 is 11.6 Å². The van der Waals surface area contributed by atoms with E-state index in [9.17, 15) is 18.7 Å². The van der Waals surface area contributed by atoms with Crippen LogP contribution >= 0.6 is 0 Å². The molecular weight excluding hydrogens is 316 g/mol. The molecule has 0 spiro atoms. The van der Waals surface area contributed by atoms with Crippen LogP contribution in [0.3, 0.4) is 0 Å². The van der Waals surface area contributed by atoms with Crippen molar-refractivity contribution in [1.82, 2.24) is 0 Å². The molecule has 0 aliphatic heterocycles. The highest BCUT2D eigenvalue weighted by Gasteiger charge is 2.15. The normalized spacial score (nSPS) is 12.1. The molecule has 0 aliphatic carbocycles. The highest BCUT2D eigenvalue weighted by atomic mass is 19.1. The molecule has 0 fully saturated rings. The Labute approximate surface area is 139 Å². The predicted molar refractivity (Wildman–Crippen MR) is 86.7 cm³/mol. The average Bonchev–Trinajstić information content (AvgIpc) is 2.56. The highest BCUT2D eigenvalue weighted by molar-refractivity contribution is 5.92. The summed E-state index contributed by atoms with van der Waals surface area (Å²) >= 11 is 0. The molecule has 0 bridgehead atoms. The molecule has 4 nitrogen and oxygen atoms in total. The summed E-state index contributed by atoms with van der Waals surface area (Å²) in [6, 6.07) is 9.43. The average molecular weight is 335 g/mol.